The van der Waals surface area contributed by atoms with E-state index in [0.717, 1.165) is 42.9 Å². The van der Waals surface area contributed by atoms with Crippen molar-refractivity contribution in [3.8, 4) is 0 Å². The first kappa shape index (κ1) is 16.9. The van der Waals surface area contributed by atoms with E-state index in [0.29, 0.717) is 25.2 Å². The number of fused-ring (bicyclic) bond motifs is 1. The Balaban J connectivity index is 1.57. The minimum Gasteiger partial charge on any atom is -0.388 e. The van der Waals surface area contributed by atoms with Crippen molar-refractivity contribution in [2.24, 2.45) is 0 Å². The van der Waals surface area contributed by atoms with Crippen molar-refractivity contribution < 1.29 is 9.90 Å². The Bertz CT molecular complexity index is 809. The summed E-state index contributed by atoms with van der Waals surface area (Å²) in [6, 6.07) is 3.56. The van der Waals surface area contributed by atoms with Crippen LogP contribution in [0.2, 0.25) is 0 Å². The molecule has 0 spiro atoms. The summed E-state index contributed by atoms with van der Waals surface area (Å²) in [7, 11) is 0. The highest BCUT2D eigenvalue weighted by atomic mass is 16.3. The fraction of sp³-hybridized carbons (Fsp3) is 0.474. The van der Waals surface area contributed by atoms with Crippen LogP contribution in [-0.4, -0.2) is 56.1 Å². The third-order valence-corrected chi connectivity index (χ3v) is 5.15. The summed E-state index contributed by atoms with van der Waals surface area (Å²) >= 11 is 0. The molecule has 4 rings (SSSR count). The van der Waals surface area contributed by atoms with E-state index >= 15 is 0 Å². The second-order valence-corrected chi connectivity index (χ2v) is 7.36. The number of hydrogen-bond acceptors (Lipinski definition) is 6. The van der Waals surface area contributed by atoms with Gasteiger partial charge in [0, 0.05) is 37.6 Å². The van der Waals surface area contributed by atoms with E-state index in [2.05, 4.69) is 19.9 Å². The molecule has 0 aliphatic carbocycles. The maximum absolute atomic E-state index is 12.7. The number of pyridine rings is 1. The molecular weight excluding hydrogens is 330 g/mol. The summed E-state index contributed by atoms with van der Waals surface area (Å²) in [4.78, 5) is 29.6. The predicted octanol–water partition coefficient (Wildman–Crippen LogP) is 1.42. The van der Waals surface area contributed by atoms with Crippen LogP contribution in [-0.2, 0) is 13.0 Å². The zero-order valence-corrected chi connectivity index (χ0v) is 14.9. The van der Waals surface area contributed by atoms with Gasteiger partial charge in [0.1, 0.15) is 12.1 Å². The van der Waals surface area contributed by atoms with Crippen molar-refractivity contribution in [2.45, 2.75) is 38.3 Å². The van der Waals surface area contributed by atoms with Crippen molar-refractivity contribution in [3.05, 3.63) is 47.7 Å². The highest BCUT2D eigenvalue weighted by molar-refractivity contribution is 5.94. The van der Waals surface area contributed by atoms with Gasteiger partial charge in [-0.2, -0.15) is 0 Å². The molecular formula is C19H23N5O2. The Labute approximate surface area is 152 Å². The molecule has 136 valence electrons. The molecule has 2 aliphatic rings. The molecule has 1 saturated heterocycles. The molecule has 0 aromatic carbocycles. The lowest BCUT2D eigenvalue weighted by molar-refractivity contribution is 0.0446. The molecule has 1 fully saturated rings. The van der Waals surface area contributed by atoms with Crippen LogP contribution in [0, 0.1) is 0 Å². The molecule has 0 unspecified atom stereocenters. The summed E-state index contributed by atoms with van der Waals surface area (Å²) in [5, 5.41) is 10.4. The van der Waals surface area contributed by atoms with Gasteiger partial charge in [-0.05, 0) is 38.3 Å². The summed E-state index contributed by atoms with van der Waals surface area (Å²) < 4.78 is 0. The molecule has 2 aromatic heterocycles. The van der Waals surface area contributed by atoms with E-state index in [4.69, 9.17) is 0 Å². The number of carbonyl (C=O) groups excluding carboxylic acids is 1. The third-order valence-electron chi connectivity index (χ3n) is 5.15. The molecule has 1 amide bonds. The van der Waals surface area contributed by atoms with Gasteiger partial charge in [0.25, 0.3) is 5.91 Å². The van der Waals surface area contributed by atoms with Gasteiger partial charge in [-0.3, -0.25) is 9.78 Å². The van der Waals surface area contributed by atoms with Crippen LogP contribution in [0.5, 0.6) is 0 Å². The van der Waals surface area contributed by atoms with Crippen LogP contribution < -0.4 is 4.90 Å². The zero-order valence-electron chi connectivity index (χ0n) is 14.9. The molecule has 0 radical (unpaired) electrons. The first-order valence-corrected chi connectivity index (χ1v) is 9.03. The van der Waals surface area contributed by atoms with Gasteiger partial charge in [-0.15, -0.1) is 0 Å². The maximum atomic E-state index is 12.7. The van der Waals surface area contributed by atoms with Crippen LogP contribution in [0.15, 0.2) is 30.9 Å². The molecule has 7 heteroatoms. The molecule has 7 nitrogen and oxygen atoms in total. The number of carbonyl (C=O) groups is 1. The summed E-state index contributed by atoms with van der Waals surface area (Å²) in [6.07, 6.45) is 7.29. The van der Waals surface area contributed by atoms with Crippen molar-refractivity contribution in [2.75, 3.05) is 24.5 Å². The average Bonchev–Trinajstić information content (AvgIpc) is 2.66. The Morgan fingerprint density at radius 1 is 1.31 bits per heavy atom. The van der Waals surface area contributed by atoms with Gasteiger partial charge >= 0.3 is 0 Å². The fourth-order valence-corrected chi connectivity index (χ4v) is 3.86. The highest BCUT2D eigenvalue weighted by Crippen LogP contribution is 2.30. The van der Waals surface area contributed by atoms with Crippen molar-refractivity contribution in [3.63, 3.8) is 0 Å². The highest BCUT2D eigenvalue weighted by Gasteiger charge is 2.32. The lowest BCUT2D eigenvalue weighted by atomic mass is 9.94. The van der Waals surface area contributed by atoms with Gasteiger partial charge in [0.2, 0.25) is 0 Å². The smallest absolute Gasteiger partial charge is 0.255 e. The molecule has 2 aromatic rings. The minimum atomic E-state index is -0.687. The van der Waals surface area contributed by atoms with Crippen LogP contribution >= 0.6 is 0 Å². The van der Waals surface area contributed by atoms with E-state index in [1.54, 1.807) is 30.9 Å². The summed E-state index contributed by atoms with van der Waals surface area (Å²) in [6.45, 7) is 4.45. The van der Waals surface area contributed by atoms with Crippen LogP contribution in [0.3, 0.4) is 0 Å². The average molecular weight is 353 g/mol. The zero-order chi connectivity index (χ0) is 18.1. The monoisotopic (exact) mass is 353 g/mol. The maximum Gasteiger partial charge on any atom is 0.255 e. The predicted molar refractivity (Wildman–Crippen MR) is 96.8 cm³/mol. The number of rotatable bonds is 2. The minimum absolute atomic E-state index is 0.0233. The van der Waals surface area contributed by atoms with Gasteiger partial charge in [0.05, 0.1) is 23.4 Å². The van der Waals surface area contributed by atoms with Gasteiger partial charge in [-0.25, -0.2) is 9.97 Å². The SMILES string of the molecule is C[C@@]1(O)CCCN(c2ncnc3c2CCN(C(=O)c2cccnc2)C3)C1. The summed E-state index contributed by atoms with van der Waals surface area (Å²) in [5.74, 6) is 0.883. The lowest BCUT2D eigenvalue weighted by Gasteiger charge is -2.39. The molecule has 26 heavy (non-hydrogen) atoms. The van der Waals surface area contributed by atoms with Crippen LogP contribution in [0.4, 0.5) is 5.82 Å². The number of aliphatic hydroxyl groups is 1. The van der Waals surface area contributed by atoms with Gasteiger partial charge in [0.15, 0.2) is 0 Å². The summed E-state index contributed by atoms with van der Waals surface area (Å²) in [5.41, 5.74) is 1.90. The first-order valence-electron chi connectivity index (χ1n) is 9.03. The number of piperidine rings is 1. The Morgan fingerprint density at radius 2 is 2.19 bits per heavy atom. The quantitative estimate of drug-likeness (QED) is 0.879. The van der Waals surface area contributed by atoms with E-state index in [9.17, 15) is 9.90 Å². The van der Waals surface area contributed by atoms with E-state index in [-0.39, 0.29) is 5.91 Å². The second-order valence-electron chi connectivity index (χ2n) is 7.36. The number of aromatic nitrogens is 3. The van der Waals surface area contributed by atoms with Gasteiger partial charge in [-0.1, -0.05) is 0 Å². The molecule has 1 atom stereocenters. The molecule has 0 bridgehead atoms. The van der Waals surface area contributed by atoms with Crippen molar-refractivity contribution >= 4 is 11.7 Å². The van der Waals surface area contributed by atoms with E-state index in [1.807, 2.05) is 11.8 Å². The first-order chi connectivity index (χ1) is 12.5. The molecule has 1 N–H and O–H groups in total. The largest absolute Gasteiger partial charge is 0.388 e. The topological polar surface area (TPSA) is 82.5 Å². The normalized spacial score (nSPS) is 22.8. The Kier molecular flexibility index (Phi) is 4.32. The lowest BCUT2D eigenvalue weighted by Crippen LogP contribution is -2.47. The van der Waals surface area contributed by atoms with Crippen LogP contribution in [0.25, 0.3) is 0 Å². The van der Waals surface area contributed by atoms with Gasteiger partial charge < -0.3 is 14.9 Å². The van der Waals surface area contributed by atoms with E-state index < -0.39 is 5.60 Å². The van der Waals surface area contributed by atoms with Crippen LogP contribution in [0.1, 0.15) is 41.4 Å². The number of amides is 1. The van der Waals surface area contributed by atoms with Crippen molar-refractivity contribution in [1.82, 2.24) is 19.9 Å². The fourth-order valence-electron chi connectivity index (χ4n) is 3.86. The molecule has 2 aliphatic heterocycles. The number of nitrogens with zero attached hydrogens (tertiary/aromatic N) is 5. The Morgan fingerprint density at radius 3 is 2.96 bits per heavy atom. The molecule has 0 saturated carbocycles. The molecule has 4 heterocycles. The number of anilines is 1. The second kappa shape index (κ2) is 6.64. The standard InChI is InChI=1S/C19H23N5O2/c1-19(26)6-3-8-24(12-19)17-15-5-9-23(11-16(15)21-13-22-17)18(25)14-4-2-7-20-10-14/h2,4,7,10,13,26H,3,5-6,8-9,11-12H2,1H3/t19-/m1/s1. The third kappa shape index (κ3) is 3.26. The van der Waals surface area contributed by atoms with E-state index in [1.165, 1.54) is 0 Å². The Hall–Kier alpha value is -2.54. The number of β-amino-alcohol motifs (C(OH)–C–C–N with tert-alkyl or cyclic N) is 1. The number of hydrogen-bond donors (Lipinski definition) is 1. The van der Waals surface area contributed by atoms with Crippen molar-refractivity contribution in [1.29, 1.82) is 0 Å².